The summed E-state index contributed by atoms with van der Waals surface area (Å²) in [4.78, 5) is 0. The van der Waals surface area contributed by atoms with Crippen LogP contribution in [0.3, 0.4) is 0 Å². The SMILES string of the molecule is CC(C)=CCC/C(C)=C/CC/C(C)=C/CC/C(C)=C/CC/C(C)=C\CC/C(C)=C\CC/C(C)=C\Cc1cc(O)c(C)c(C)c1O. The van der Waals surface area contributed by atoms with Crippen molar-refractivity contribution >= 4 is 0 Å². The fraction of sp³-hybridized carbons (Fsp3) is 0.535. The minimum Gasteiger partial charge on any atom is -0.508 e. The largest absolute Gasteiger partial charge is 0.508 e. The second-order valence-corrected chi connectivity index (χ2v) is 13.7. The molecule has 1 rings (SSSR count). The van der Waals surface area contributed by atoms with Crippen LogP contribution in [-0.4, -0.2) is 10.2 Å². The number of hydrogen-bond acceptors (Lipinski definition) is 2. The molecule has 0 unspecified atom stereocenters. The third kappa shape index (κ3) is 18.5. The van der Waals surface area contributed by atoms with Crippen LogP contribution in [0.2, 0.25) is 0 Å². The lowest BCUT2D eigenvalue weighted by molar-refractivity contribution is 0.448. The van der Waals surface area contributed by atoms with Gasteiger partial charge < -0.3 is 10.2 Å². The fourth-order valence-corrected chi connectivity index (χ4v) is 5.32. The molecule has 0 atom stereocenters. The van der Waals surface area contributed by atoms with E-state index in [1.807, 2.05) is 13.8 Å². The zero-order chi connectivity index (χ0) is 33.8. The Kier molecular flexibility index (Phi) is 20.0. The monoisotopic (exact) mass is 615 g/mol. The Morgan fingerprint density at radius 2 is 0.778 bits per heavy atom. The van der Waals surface area contributed by atoms with E-state index in [2.05, 4.69) is 97.9 Å². The highest BCUT2D eigenvalue weighted by Gasteiger charge is 2.10. The first-order valence-electron chi connectivity index (χ1n) is 17.4. The van der Waals surface area contributed by atoms with Crippen molar-refractivity contribution < 1.29 is 10.2 Å². The summed E-state index contributed by atoms with van der Waals surface area (Å²) in [5, 5.41) is 20.5. The van der Waals surface area contributed by atoms with Crippen molar-refractivity contribution in [1.29, 1.82) is 0 Å². The van der Waals surface area contributed by atoms with E-state index in [0.29, 0.717) is 12.2 Å². The number of rotatable bonds is 20. The van der Waals surface area contributed by atoms with Gasteiger partial charge in [-0.1, -0.05) is 81.5 Å². The van der Waals surface area contributed by atoms with Crippen molar-refractivity contribution in [2.24, 2.45) is 0 Å². The third-order valence-corrected chi connectivity index (χ3v) is 8.84. The average molecular weight is 615 g/mol. The van der Waals surface area contributed by atoms with Gasteiger partial charge in [-0.05, 0) is 170 Å². The van der Waals surface area contributed by atoms with Crippen molar-refractivity contribution in [3.05, 3.63) is 104 Å². The number of benzene rings is 1. The van der Waals surface area contributed by atoms with Gasteiger partial charge in [0.25, 0.3) is 0 Å². The van der Waals surface area contributed by atoms with Crippen molar-refractivity contribution in [3.63, 3.8) is 0 Å². The molecule has 0 spiro atoms. The second-order valence-electron chi connectivity index (χ2n) is 13.7. The number of aromatic hydroxyl groups is 2. The summed E-state index contributed by atoms with van der Waals surface area (Å²) in [6.07, 6.45) is 30.7. The molecule has 0 heterocycles. The molecule has 0 bridgehead atoms. The first-order valence-corrected chi connectivity index (χ1v) is 17.4. The summed E-state index contributed by atoms with van der Waals surface area (Å²) in [6.45, 7) is 21.5. The van der Waals surface area contributed by atoms with E-state index in [4.69, 9.17) is 0 Å². The molecule has 0 aromatic heterocycles. The molecule has 250 valence electrons. The summed E-state index contributed by atoms with van der Waals surface area (Å²) in [6, 6.07) is 1.69. The molecule has 0 radical (unpaired) electrons. The summed E-state index contributed by atoms with van der Waals surface area (Å²) in [7, 11) is 0. The van der Waals surface area contributed by atoms with Gasteiger partial charge in [0.1, 0.15) is 11.5 Å². The van der Waals surface area contributed by atoms with Crippen molar-refractivity contribution in [2.75, 3.05) is 0 Å². The summed E-state index contributed by atoms with van der Waals surface area (Å²) in [5.41, 5.74) is 12.5. The Morgan fingerprint density at radius 1 is 0.467 bits per heavy atom. The lowest BCUT2D eigenvalue weighted by atomic mass is 9.99. The number of phenols is 2. The average Bonchev–Trinajstić information content (AvgIpc) is 2.97. The highest BCUT2D eigenvalue weighted by Crippen LogP contribution is 2.32. The molecule has 0 saturated heterocycles. The molecule has 0 aliphatic rings. The topological polar surface area (TPSA) is 40.5 Å². The third-order valence-electron chi connectivity index (χ3n) is 8.84. The van der Waals surface area contributed by atoms with E-state index in [-0.39, 0.29) is 5.75 Å². The van der Waals surface area contributed by atoms with E-state index < -0.39 is 0 Å². The Balaban J connectivity index is 2.31. The van der Waals surface area contributed by atoms with Crippen LogP contribution in [0.15, 0.2) is 87.6 Å². The van der Waals surface area contributed by atoms with Gasteiger partial charge in [0.2, 0.25) is 0 Å². The maximum atomic E-state index is 10.4. The van der Waals surface area contributed by atoms with Gasteiger partial charge in [-0.25, -0.2) is 0 Å². The van der Waals surface area contributed by atoms with Gasteiger partial charge in [-0.3, -0.25) is 0 Å². The van der Waals surface area contributed by atoms with Gasteiger partial charge in [0.15, 0.2) is 0 Å². The highest BCUT2D eigenvalue weighted by atomic mass is 16.3. The minimum atomic E-state index is 0.255. The van der Waals surface area contributed by atoms with Crippen LogP contribution in [0, 0.1) is 13.8 Å². The summed E-state index contributed by atoms with van der Waals surface area (Å²) in [5.74, 6) is 0.555. The van der Waals surface area contributed by atoms with Gasteiger partial charge >= 0.3 is 0 Å². The maximum Gasteiger partial charge on any atom is 0.122 e. The smallest absolute Gasteiger partial charge is 0.122 e. The zero-order valence-electron chi connectivity index (χ0n) is 30.7. The van der Waals surface area contributed by atoms with Crippen molar-refractivity contribution in [3.8, 4) is 11.5 Å². The molecule has 2 N–H and O–H groups in total. The van der Waals surface area contributed by atoms with Gasteiger partial charge in [0, 0.05) is 5.56 Å². The Labute approximate surface area is 278 Å². The van der Waals surface area contributed by atoms with E-state index in [1.54, 1.807) is 6.07 Å². The molecule has 45 heavy (non-hydrogen) atoms. The molecule has 0 amide bonds. The number of allylic oxidation sites excluding steroid dienone is 14. The minimum absolute atomic E-state index is 0.255. The predicted octanol–water partition coefficient (Wildman–Crippen LogP) is 13.6. The van der Waals surface area contributed by atoms with E-state index in [1.165, 1.54) is 51.9 Å². The van der Waals surface area contributed by atoms with Crippen LogP contribution in [0.5, 0.6) is 11.5 Å². The highest BCUT2D eigenvalue weighted by molar-refractivity contribution is 5.51. The molecule has 0 aliphatic carbocycles. The van der Waals surface area contributed by atoms with Crippen LogP contribution in [0.1, 0.15) is 149 Å². The molecular weight excluding hydrogens is 548 g/mol. The van der Waals surface area contributed by atoms with Crippen LogP contribution in [0.4, 0.5) is 0 Å². The lowest BCUT2D eigenvalue weighted by Gasteiger charge is -2.10. The van der Waals surface area contributed by atoms with Crippen LogP contribution in [0.25, 0.3) is 0 Å². The first kappa shape index (κ1) is 40.0. The molecule has 1 aromatic rings. The Morgan fingerprint density at radius 3 is 1.11 bits per heavy atom. The zero-order valence-corrected chi connectivity index (χ0v) is 30.7. The van der Waals surface area contributed by atoms with E-state index in [0.717, 1.165) is 80.9 Å². The van der Waals surface area contributed by atoms with Gasteiger partial charge in [-0.2, -0.15) is 0 Å². The van der Waals surface area contributed by atoms with E-state index >= 15 is 0 Å². The Hall–Kier alpha value is -3.00. The van der Waals surface area contributed by atoms with Gasteiger partial charge in [-0.15, -0.1) is 0 Å². The lowest BCUT2D eigenvalue weighted by Crippen LogP contribution is -1.91. The summed E-state index contributed by atoms with van der Waals surface area (Å²) < 4.78 is 0. The van der Waals surface area contributed by atoms with Crippen LogP contribution in [-0.2, 0) is 6.42 Å². The standard InChI is InChI=1S/C43H66O2/c1-32(2)17-11-18-33(3)19-12-20-34(4)21-13-22-35(5)23-14-24-36(6)25-15-26-37(7)27-16-28-38(8)29-30-41-31-42(44)39(9)40(10)43(41)45/h17,19,21,23,25,27,29,31,44-45H,11-16,18,20,22,24,26,28,30H2,1-10H3/b33-19+,34-21+,35-23+,36-25-,37-27-,38-29-. The maximum absolute atomic E-state index is 10.4. The van der Waals surface area contributed by atoms with Gasteiger partial charge in [0.05, 0.1) is 0 Å². The molecule has 0 fully saturated rings. The van der Waals surface area contributed by atoms with Crippen LogP contribution < -0.4 is 0 Å². The molecule has 1 aromatic carbocycles. The second kappa shape index (κ2) is 22.5. The predicted molar refractivity (Wildman–Crippen MR) is 200 cm³/mol. The van der Waals surface area contributed by atoms with E-state index in [9.17, 15) is 10.2 Å². The fourth-order valence-electron chi connectivity index (χ4n) is 5.32. The first-order chi connectivity index (χ1) is 21.3. The van der Waals surface area contributed by atoms with Crippen molar-refractivity contribution in [2.45, 2.75) is 153 Å². The molecule has 0 aliphatic heterocycles. The van der Waals surface area contributed by atoms with Crippen molar-refractivity contribution in [1.82, 2.24) is 0 Å². The molecule has 0 saturated carbocycles. The normalized spacial score (nSPS) is 13.9. The quantitative estimate of drug-likeness (QED) is 0.113. The summed E-state index contributed by atoms with van der Waals surface area (Å²) >= 11 is 0. The molecule has 2 nitrogen and oxygen atoms in total. The van der Waals surface area contributed by atoms with Crippen LogP contribution >= 0.6 is 0 Å². The Bertz CT molecular complexity index is 1270. The molecule has 2 heteroatoms. The number of hydrogen-bond donors (Lipinski definition) is 2. The number of phenolic OH excluding ortho intramolecular Hbond substituents is 2. The molecular formula is C43H66O2.